The van der Waals surface area contributed by atoms with Gasteiger partial charge in [0.05, 0.1) is 39.4 Å². The first-order valence-corrected chi connectivity index (χ1v) is 16.3. The molecular weight excluding hydrogens is 707 g/mol. The van der Waals surface area contributed by atoms with Crippen molar-refractivity contribution in [2.75, 3.05) is 18.8 Å². The van der Waals surface area contributed by atoms with E-state index in [4.69, 9.17) is 5.73 Å². The van der Waals surface area contributed by atoms with Crippen LogP contribution in [0.1, 0.15) is 67.3 Å². The highest BCUT2D eigenvalue weighted by Crippen LogP contribution is 2.42. The number of alkyl halides is 9. The van der Waals surface area contributed by atoms with Gasteiger partial charge in [0.15, 0.2) is 9.84 Å². The zero-order valence-electron chi connectivity index (χ0n) is 25.8. The number of carbonyl (C=O) groups excluding carboxylic acids is 2. The summed E-state index contributed by atoms with van der Waals surface area (Å²) in [5.74, 6) is -4.35. The third kappa shape index (κ3) is 8.83. The molecule has 0 unspecified atom stereocenters. The first kappa shape index (κ1) is 38.4. The molecule has 0 spiro atoms. The summed E-state index contributed by atoms with van der Waals surface area (Å²) < 4.78 is 150. The Morgan fingerprint density at radius 2 is 1.46 bits per heavy atom. The van der Waals surface area contributed by atoms with Gasteiger partial charge in [-0.2, -0.15) is 39.5 Å². The van der Waals surface area contributed by atoms with Crippen molar-refractivity contribution < 1.29 is 57.5 Å². The fourth-order valence-electron chi connectivity index (χ4n) is 5.61. The number of rotatable bonds is 10. The van der Waals surface area contributed by atoms with Crippen LogP contribution in [-0.2, 0) is 34.9 Å². The van der Waals surface area contributed by atoms with Crippen molar-refractivity contribution in [3.8, 4) is 0 Å². The average Bonchev–Trinajstić information content (AvgIpc) is 3.02. The van der Waals surface area contributed by atoms with Crippen molar-refractivity contribution in [3.05, 3.63) is 112 Å². The maximum atomic E-state index is 14.1. The third-order valence-electron chi connectivity index (χ3n) is 7.92. The summed E-state index contributed by atoms with van der Waals surface area (Å²) in [4.78, 5) is 24.1. The second-order valence-corrected chi connectivity index (χ2v) is 13.3. The number of primary amides is 1. The largest absolute Gasteiger partial charge is 0.417 e. The van der Waals surface area contributed by atoms with Crippen molar-refractivity contribution in [1.82, 2.24) is 15.6 Å². The molecule has 3 N–H and O–H groups in total. The van der Waals surface area contributed by atoms with Crippen molar-refractivity contribution >= 4 is 21.7 Å². The standard InChI is InChI=1S/C32H29F9N4O4S/c1-2-14-50(48,49)27-25(16-22(31(36,37)38)17-26(27)32(39,40)41)29(47)43-45(18-19-6-4-3-5-7-19)44-12-10-20(11-13-44)24-15-21(30(33,34)35)8-9-23(24)28(42)46/h2-9,15-17,20H,1,10-14,18H2,(H2,42,46)(H,43,47). The molecule has 270 valence electrons. The minimum atomic E-state index is -5.63. The van der Waals surface area contributed by atoms with Gasteiger partial charge in [0.25, 0.3) is 5.91 Å². The number of amides is 2. The molecule has 8 nitrogen and oxygen atoms in total. The Morgan fingerprint density at radius 1 is 0.860 bits per heavy atom. The van der Waals surface area contributed by atoms with Crippen molar-refractivity contribution in [2.45, 2.75) is 48.7 Å². The van der Waals surface area contributed by atoms with E-state index < -0.39 is 79.0 Å². The van der Waals surface area contributed by atoms with Gasteiger partial charge in [-0.15, -0.1) is 11.7 Å². The van der Waals surface area contributed by atoms with Crippen LogP contribution in [0.25, 0.3) is 0 Å². The molecule has 0 saturated carbocycles. The van der Waals surface area contributed by atoms with E-state index in [1.54, 1.807) is 30.3 Å². The summed E-state index contributed by atoms with van der Waals surface area (Å²) in [6, 6.07) is 10.2. The molecule has 1 saturated heterocycles. The molecule has 0 radical (unpaired) electrons. The molecule has 18 heteroatoms. The monoisotopic (exact) mass is 736 g/mol. The fourth-order valence-corrected chi connectivity index (χ4v) is 7.08. The number of hydrogen-bond acceptors (Lipinski definition) is 6. The molecule has 1 aliphatic rings. The Balaban J connectivity index is 1.75. The molecule has 4 rings (SSSR count). The molecule has 0 atom stereocenters. The topological polar surface area (TPSA) is 113 Å². The SMILES string of the molecule is C=CCS(=O)(=O)c1c(C(=O)NN(Cc2ccccc2)N2CCC(c3cc(C(F)(F)F)ccc3C(N)=O)CC2)cc(C(F)(F)F)cc1C(F)(F)F. The molecule has 2 amide bonds. The number of nitrogens with two attached hydrogens (primary N) is 1. The predicted molar refractivity (Wildman–Crippen MR) is 162 cm³/mol. The van der Waals surface area contributed by atoms with E-state index in [0.717, 1.165) is 29.4 Å². The summed E-state index contributed by atoms with van der Waals surface area (Å²) >= 11 is 0. The van der Waals surface area contributed by atoms with Crippen LogP contribution in [0.2, 0.25) is 0 Å². The van der Waals surface area contributed by atoms with Crippen LogP contribution in [0, 0.1) is 0 Å². The fraction of sp³-hybridized carbons (Fsp3) is 0.312. The Kier molecular flexibility index (Phi) is 11.1. The maximum absolute atomic E-state index is 14.1. The van der Waals surface area contributed by atoms with Crippen LogP contribution in [0.5, 0.6) is 0 Å². The molecule has 0 bridgehead atoms. The van der Waals surface area contributed by atoms with Crippen molar-refractivity contribution in [2.24, 2.45) is 5.73 Å². The van der Waals surface area contributed by atoms with E-state index in [9.17, 15) is 57.5 Å². The molecule has 0 aromatic heterocycles. The Morgan fingerprint density at radius 3 is 1.98 bits per heavy atom. The van der Waals surface area contributed by atoms with Crippen molar-refractivity contribution in [1.29, 1.82) is 0 Å². The third-order valence-corrected chi connectivity index (χ3v) is 9.65. The minimum absolute atomic E-state index is 0.0203. The van der Waals surface area contributed by atoms with Crippen LogP contribution in [-0.4, -0.2) is 49.2 Å². The lowest BCUT2D eigenvalue weighted by Crippen LogP contribution is -2.55. The van der Waals surface area contributed by atoms with Gasteiger partial charge in [0.2, 0.25) is 5.91 Å². The van der Waals surface area contributed by atoms with Gasteiger partial charge in [-0.05, 0) is 60.2 Å². The van der Waals surface area contributed by atoms with Gasteiger partial charge in [0, 0.05) is 18.7 Å². The van der Waals surface area contributed by atoms with Gasteiger partial charge in [0.1, 0.15) is 0 Å². The van der Waals surface area contributed by atoms with Crippen LogP contribution < -0.4 is 11.2 Å². The number of benzene rings is 3. The number of hydrogen-bond donors (Lipinski definition) is 2. The molecular formula is C32H29F9N4O4S. The highest BCUT2D eigenvalue weighted by atomic mass is 32.2. The van der Waals surface area contributed by atoms with E-state index in [0.29, 0.717) is 5.56 Å². The summed E-state index contributed by atoms with van der Waals surface area (Å²) in [7, 11) is -5.06. The Bertz CT molecular complexity index is 1850. The molecule has 1 aliphatic heterocycles. The van der Waals surface area contributed by atoms with Gasteiger partial charge < -0.3 is 5.73 Å². The van der Waals surface area contributed by atoms with Crippen LogP contribution in [0.15, 0.2) is 78.2 Å². The number of hydrazine groups is 2. The van der Waals surface area contributed by atoms with Crippen LogP contribution >= 0.6 is 0 Å². The lowest BCUT2D eigenvalue weighted by molar-refractivity contribution is -0.144. The van der Waals surface area contributed by atoms with Gasteiger partial charge in [-0.25, -0.2) is 13.4 Å². The summed E-state index contributed by atoms with van der Waals surface area (Å²) in [6.45, 7) is 2.88. The maximum Gasteiger partial charge on any atom is 0.417 e. The number of sulfone groups is 1. The van der Waals surface area contributed by atoms with Crippen LogP contribution in [0.4, 0.5) is 39.5 Å². The molecule has 3 aromatic carbocycles. The molecule has 0 aliphatic carbocycles. The lowest BCUT2D eigenvalue weighted by Gasteiger charge is -2.40. The first-order chi connectivity index (χ1) is 23.1. The van der Waals surface area contributed by atoms with E-state index in [2.05, 4.69) is 12.0 Å². The average molecular weight is 737 g/mol. The summed E-state index contributed by atoms with van der Waals surface area (Å²) in [6.07, 6.45) is -14.9. The molecule has 1 heterocycles. The van der Waals surface area contributed by atoms with Crippen LogP contribution in [0.3, 0.4) is 0 Å². The Labute approximate surface area is 280 Å². The highest BCUT2D eigenvalue weighted by molar-refractivity contribution is 7.91. The first-order valence-electron chi connectivity index (χ1n) is 14.7. The number of nitrogens with one attached hydrogen (secondary N) is 1. The van der Waals surface area contributed by atoms with Gasteiger partial charge in [-0.3, -0.25) is 15.0 Å². The van der Waals surface area contributed by atoms with Crippen molar-refractivity contribution in [3.63, 3.8) is 0 Å². The normalized spacial score (nSPS) is 15.2. The second-order valence-electron chi connectivity index (χ2n) is 11.3. The molecule has 3 aromatic rings. The zero-order valence-corrected chi connectivity index (χ0v) is 26.6. The quantitative estimate of drug-likeness (QED) is 0.136. The number of carbonyl (C=O) groups is 2. The zero-order chi connectivity index (χ0) is 37.2. The van der Waals surface area contributed by atoms with E-state index in [1.165, 1.54) is 5.01 Å². The van der Waals surface area contributed by atoms with Gasteiger partial charge in [-0.1, -0.05) is 36.4 Å². The predicted octanol–water partition coefficient (Wildman–Crippen LogP) is 6.74. The number of halogens is 9. The second kappa shape index (κ2) is 14.4. The van der Waals surface area contributed by atoms with E-state index in [-0.39, 0.29) is 55.7 Å². The number of nitrogens with zero attached hydrogens (tertiary/aromatic N) is 2. The highest BCUT2D eigenvalue weighted by Gasteiger charge is 2.44. The minimum Gasteiger partial charge on any atom is -0.366 e. The van der Waals surface area contributed by atoms with E-state index in [1.807, 2.05) is 0 Å². The lowest BCUT2D eigenvalue weighted by atomic mass is 9.85. The number of piperidine rings is 1. The molecule has 1 fully saturated rings. The smallest absolute Gasteiger partial charge is 0.366 e. The molecule has 50 heavy (non-hydrogen) atoms. The Hall–Kier alpha value is -4.42. The van der Waals surface area contributed by atoms with E-state index >= 15 is 0 Å². The van der Waals surface area contributed by atoms with Gasteiger partial charge >= 0.3 is 18.5 Å². The summed E-state index contributed by atoms with van der Waals surface area (Å²) in [5.41, 5.74) is 1.51. The summed E-state index contributed by atoms with van der Waals surface area (Å²) in [5, 5.41) is 2.52.